The zero-order chi connectivity index (χ0) is 20.4. The highest BCUT2D eigenvalue weighted by molar-refractivity contribution is 7.98. The second-order valence-corrected chi connectivity index (χ2v) is 11.8. The normalized spacial score (nSPS) is 44.2. The van der Waals surface area contributed by atoms with Gasteiger partial charge in [-0.2, -0.15) is 0 Å². The SMILES string of the molecule is CSc1ccc([C@H]2CC[C@H]3[C@@H]4CC[C@H]5N(C)C(=O)CC[C@]5(C)[C@H]4CC[C@]23C)cc1. The lowest BCUT2D eigenvalue weighted by atomic mass is 9.46. The van der Waals surface area contributed by atoms with E-state index in [9.17, 15) is 4.79 Å². The third-order valence-electron chi connectivity index (χ3n) is 10.1. The van der Waals surface area contributed by atoms with Crippen molar-refractivity contribution >= 4 is 17.7 Å². The lowest BCUT2D eigenvalue weighted by molar-refractivity contribution is -0.157. The molecule has 158 valence electrons. The Balaban J connectivity index is 1.42. The molecule has 3 saturated carbocycles. The van der Waals surface area contributed by atoms with Gasteiger partial charge in [0.2, 0.25) is 5.91 Å². The molecule has 1 saturated heterocycles. The van der Waals surface area contributed by atoms with E-state index in [1.807, 2.05) is 11.8 Å². The van der Waals surface area contributed by atoms with E-state index in [4.69, 9.17) is 0 Å². The van der Waals surface area contributed by atoms with E-state index in [-0.39, 0.29) is 0 Å². The predicted molar refractivity (Wildman–Crippen MR) is 121 cm³/mol. The molecule has 1 amide bonds. The summed E-state index contributed by atoms with van der Waals surface area (Å²) in [5.41, 5.74) is 2.38. The molecular weight excluding hydrogens is 374 g/mol. The lowest BCUT2D eigenvalue weighted by Gasteiger charge is -2.61. The lowest BCUT2D eigenvalue weighted by Crippen LogP contribution is -2.61. The third kappa shape index (κ3) is 2.86. The maximum Gasteiger partial charge on any atom is 0.222 e. The quantitative estimate of drug-likeness (QED) is 0.528. The molecule has 3 heteroatoms. The fourth-order valence-corrected chi connectivity index (χ4v) is 8.94. The van der Waals surface area contributed by atoms with Crippen molar-refractivity contribution in [1.82, 2.24) is 4.90 Å². The number of hydrogen-bond acceptors (Lipinski definition) is 2. The molecule has 1 aromatic carbocycles. The molecule has 1 heterocycles. The molecule has 29 heavy (non-hydrogen) atoms. The van der Waals surface area contributed by atoms with E-state index in [0.29, 0.717) is 22.8 Å². The molecule has 4 aliphatic rings. The first-order valence-electron chi connectivity index (χ1n) is 11.8. The smallest absolute Gasteiger partial charge is 0.222 e. The van der Waals surface area contributed by atoms with Gasteiger partial charge in [-0.15, -0.1) is 11.8 Å². The highest BCUT2D eigenvalue weighted by Crippen LogP contribution is 2.67. The molecule has 0 bridgehead atoms. The summed E-state index contributed by atoms with van der Waals surface area (Å²) in [6.45, 7) is 5.16. The van der Waals surface area contributed by atoms with Crippen LogP contribution in [0, 0.1) is 28.6 Å². The summed E-state index contributed by atoms with van der Waals surface area (Å²) in [5, 5.41) is 0. The third-order valence-corrected chi connectivity index (χ3v) is 10.8. The van der Waals surface area contributed by atoms with Gasteiger partial charge in [-0.25, -0.2) is 0 Å². The molecule has 0 unspecified atom stereocenters. The Bertz CT molecular complexity index is 790. The summed E-state index contributed by atoms with van der Waals surface area (Å²) in [6, 6.07) is 9.95. The van der Waals surface area contributed by atoms with E-state index < -0.39 is 0 Å². The Morgan fingerprint density at radius 2 is 1.66 bits per heavy atom. The molecule has 5 rings (SSSR count). The van der Waals surface area contributed by atoms with Gasteiger partial charge in [-0.05, 0) is 103 Å². The summed E-state index contributed by atoms with van der Waals surface area (Å²) in [6.07, 6.45) is 12.1. The van der Waals surface area contributed by atoms with E-state index in [1.165, 1.54) is 43.4 Å². The van der Waals surface area contributed by atoms with Gasteiger partial charge in [0, 0.05) is 24.4 Å². The van der Waals surface area contributed by atoms with E-state index in [1.54, 1.807) is 5.56 Å². The van der Waals surface area contributed by atoms with Crippen LogP contribution in [-0.2, 0) is 4.79 Å². The van der Waals surface area contributed by atoms with Crippen LogP contribution in [0.15, 0.2) is 29.2 Å². The summed E-state index contributed by atoms with van der Waals surface area (Å²) < 4.78 is 0. The Morgan fingerprint density at radius 1 is 0.931 bits per heavy atom. The van der Waals surface area contributed by atoms with Gasteiger partial charge in [-0.3, -0.25) is 4.79 Å². The van der Waals surface area contributed by atoms with Gasteiger partial charge in [0.1, 0.15) is 0 Å². The minimum absolute atomic E-state index is 0.338. The summed E-state index contributed by atoms with van der Waals surface area (Å²) in [5.74, 6) is 3.65. The molecule has 4 fully saturated rings. The van der Waals surface area contributed by atoms with Crippen molar-refractivity contribution in [3.05, 3.63) is 29.8 Å². The minimum atomic E-state index is 0.338. The van der Waals surface area contributed by atoms with Crippen molar-refractivity contribution in [1.29, 1.82) is 0 Å². The predicted octanol–water partition coefficient (Wildman–Crippen LogP) is 6.36. The number of carbonyl (C=O) groups excluding carboxylic acids is 1. The fourth-order valence-electron chi connectivity index (χ4n) is 8.53. The van der Waals surface area contributed by atoms with Crippen LogP contribution in [0.25, 0.3) is 0 Å². The number of likely N-dealkylation sites (tertiary alicyclic amines) is 1. The van der Waals surface area contributed by atoms with Crippen LogP contribution >= 0.6 is 11.8 Å². The average molecular weight is 412 g/mol. The Labute approximate surface area is 181 Å². The van der Waals surface area contributed by atoms with Gasteiger partial charge in [0.15, 0.2) is 0 Å². The summed E-state index contributed by atoms with van der Waals surface area (Å²) >= 11 is 1.84. The fraction of sp³-hybridized carbons (Fsp3) is 0.731. The number of fused-ring (bicyclic) bond motifs is 5. The topological polar surface area (TPSA) is 20.3 Å². The molecule has 0 spiro atoms. The van der Waals surface area contributed by atoms with Crippen LogP contribution in [0.2, 0.25) is 0 Å². The summed E-state index contributed by atoms with van der Waals surface area (Å²) in [4.78, 5) is 15.9. The zero-order valence-corrected chi connectivity index (χ0v) is 19.4. The van der Waals surface area contributed by atoms with Crippen LogP contribution in [0.5, 0.6) is 0 Å². The Morgan fingerprint density at radius 3 is 2.38 bits per heavy atom. The van der Waals surface area contributed by atoms with Crippen molar-refractivity contribution in [3.8, 4) is 0 Å². The highest BCUT2D eigenvalue weighted by atomic mass is 32.2. The molecule has 1 aromatic rings. The Hall–Kier alpha value is -0.960. The largest absolute Gasteiger partial charge is 0.342 e. The maximum atomic E-state index is 12.4. The van der Waals surface area contributed by atoms with Gasteiger partial charge < -0.3 is 4.90 Å². The molecular formula is C26H37NOS. The highest BCUT2D eigenvalue weighted by Gasteiger charge is 2.61. The monoisotopic (exact) mass is 411 g/mol. The van der Waals surface area contributed by atoms with E-state index in [0.717, 1.165) is 36.5 Å². The number of piperidine rings is 1. The second-order valence-electron chi connectivity index (χ2n) is 10.9. The van der Waals surface area contributed by atoms with Gasteiger partial charge in [0.05, 0.1) is 0 Å². The number of rotatable bonds is 2. The number of benzene rings is 1. The number of amides is 1. The van der Waals surface area contributed by atoms with Crippen molar-refractivity contribution in [2.45, 2.75) is 82.1 Å². The van der Waals surface area contributed by atoms with Gasteiger partial charge >= 0.3 is 0 Å². The summed E-state index contributed by atoms with van der Waals surface area (Å²) in [7, 11) is 2.07. The molecule has 1 aliphatic heterocycles. The molecule has 0 radical (unpaired) electrons. The minimum Gasteiger partial charge on any atom is -0.342 e. The molecule has 3 aliphatic carbocycles. The van der Waals surface area contributed by atoms with Crippen molar-refractivity contribution < 1.29 is 4.79 Å². The number of hydrogen-bond donors (Lipinski definition) is 0. The van der Waals surface area contributed by atoms with Crippen LogP contribution in [-0.4, -0.2) is 30.2 Å². The van der Waals surface area contributed by atoms with E-state index >= 15 is 0 Å². The zero-order valence-electron chi connectivity index (χ0n) is 18.6. The molecule has 0 aromatic heterocycles. The first-order valence-corrected chi connectivity index (χ1v) is 13.0. The Kier molecular flexibility index (Phi) is 4.85. The first kappa shape index (κ1) is 20.0. The first-order chi connectivity index (χ1) is 13.9. The van der Waals surface area contributed by atoms with Crippen molar-refractivity contribution in [3.63, 3.8) is 0 Å². The number of nitrogens with zero attached hydrogens (tertiary/aromatic N) is 1. The van der Waals surface area contributed by atoms with Crippen LogP contribution in [0.3, 0.4) is 0 Å². The van der Waals surface area contributed by atoms with Gasteiger partial charge in [0.25, 0.3) is 0 Å². The van der Waals surface area contributed by atoms with Gasteiger partial charge in [-0.1, -0.05) is 26.0 Å². The second kappa shape index (κ2) is 7.04. The molecule has 0 N–H and O–H groups in total. The standard InChI is InChI=1S/C26H37NOS/c1-25-15-13-22-19(9-12-23-26(22,2)16-14-24(28)27(23)3)21(25)11-10-20(25)17-5-7-18(29-4)8-6-17/h5-8,19-23H,9-16H2,1-4H3/t19-,20+,21-,22-,23+,25+,26+/m0/s1. The van der Waals surface area contributed by atoms with E-state index in [2.05, 4.69) is 56.3 Å². The molecule has 7 atom stereocenters. The van der Waals surface area contributed by atoms with Crippen LogP contribution in [0.1, 0.15) is 76.7 Å². The van der Waals surface area contributed by atoms with Crippen LogP contribution in [0.4, 0.5) is 0 Å². The maximum absolute atomic E-state index is 12.4. The number of thioether (sulfide) groups is 1. The van der Waals surface area contributed by atoms with Crippen molar-refractivity contribution in [2.75, 3.05) is 13.3 Å². The number of carbonyl (C=O) groups is 1. The average Bonchev–Trinajstić information content (AvgIpc) is 3.08. The van der Waals surface area contributed by atoms with Crippen LogP contribution < -0.4 is 0 Å². The van der Waals surface area contributed by atoms with Crippen molar-refractivity contribution in [2.24, 2.45) is 28.6 Å². The molecule has 2 nitrogen and oxygen atoms in total.